The molecule has 5 nitrogen and oxygen atoms in total. The highest BCUT2D eigenvalue weighted by Crippen LogP contribution is 2.18. The lowest BCUT2D eigenvalue weighted by Gasteiger charge is -2.08. The van der Waals surface area contributed by atoms with Crippen LogP contribution in [0.2, 0.25) is 0 Å². The SMILES string of the molecule is O=C(Cc1ccc(-n2cccc2)cc1)Oc1ccc(NC(=O)c2ccccc2)cc1. The molecule has 0 aliphatic carbocycles. The number of nitrogens with zero attached hydrogens (tertiary/aromatic N) is 1. The second kappa shape index (κ2) is 8.92. The number of ether oxygens (including phenoxy) is 1. The number of benzene rings is 3. The highest BCUT2D eigenvalue weighted by molar-refractivity contribution is 6.04. The van der Waals surface area contributed by atoms with E-state index in [0.29, 0.717) is 17.0 Å². The van der Waals surface area contributed by atoms with E-state index in [-0.39, 0.29) is 18.3 Å². The molecule has 1 amide bonds. The average molecular weight is 396 g/mol. The molecule has 1 N–H and O–H groups in total. The van der Waals surface area contributed by atoms with Crippen LogP contribution in [0.3, 0.4) is 0 Å². The highest BCUT2D eigenvalue weighted by Gasteiger charge is 2.09. The molecule has 0 fully saturated rings. The fourth-order valence-electron chi connectivity index (χ4n) is 3.03. The van der Waals surface area contributed by atoms with Crippen LogP contribution in [-0.2, 0) is 11.2 Å². The molecule has 4 aromatic rings. The van der Waals surface area contributed by atoms with E-state index in [9.17, 15) is 9.59 Å². The Morgan fingerprint density at radius 3 is 2.10 bits per heavy atom. The van der Waals surface area contributed by atoms with Gasteiger partial charge < -0.3 is 14.6 Å². The Balaban J connectivity index is 1.32. The number of hydrogen-bond donors (Lipinski definition) is 1. The maximum Gasteiger partial charge on any atom is 0.315 e. The molecule has 5 heteroatoms. The Kier molecular flexibility index (Phi) is 5.71. The number of rotatable bonds is 6. The Labute approximate surface area is 174 Å². The molecule has 0 saturated heterocycles. The van der Waals surface area contributed by atoms with Crippen molar-refractivity contribution < 1.29 is 14.3 Å². The van der Waals surface area contributed by atoms with Crippen LogP contribution in [0.5, 0.6) is 5.75 Å². The Morgan fingerprint density at radius 1 is 0.767 bits per heavy atom. The number of nitrogens with one attached hydrogen (secondary N) is 1. The van der Waals surface area contributed by atoms with Gasteiger partial charge in [0.25, 0.3) is 5.91 Å². The lowest BCUT2D eigenvalue weighted by molar-refractivity contribution is -0.133. The second-order valence-corrected chi connectivity index (χ2v) is 6.75. The van der Waals surface area contributed by atoms with E-state index in [1.54, 1.807) is 36.4 Å². The molecule has 0 saturated carbocycles. The van der Waals surface area contributed by atoms with E-state index < -0.39 is 0 Å². The van der Waals surface area contributed by atoms with Crippen molar-refractivity contribution in [2.75, 3.05) is 5.32 Å². The van der Waals surface area contributed by atoms with Crippen LogP contribution in [0.25, 0.3) is 5.69 Å². The molecule has 1 aromatic heterocycles. The first-order valence-electron chi connectivity index (χ1n) is 9.57. The lowest BCUT2D eigenvalue weighted by atomic mass is 10.1. The maximum absolute atomic E-state index is 12.2. The molecule has 4 rings (SSSR count). The summed E-state index contributed by atoms with van der Waals surface area (Å²) < 4.78 is 7.41. The van der Waals surface area contributed by atoms with Gasteiger partial charge in [0, 0.05) is 29.3 Å². The first kappa shape index (κ1) is 19.2. The zero-order valence-corrected chi connectivity index (χ0v) is 16.2. The van der Waals surface area contributed by atoms with Gasteiger partial charge >= 0.3 is 5.97 Å². The average Bonchev–Trinajstić information content (AvgIpc) is 3.31. The molecular weight excluding hydrogens is 376 g/mol. The maximum atomic E-state index is 12.2. The zero-order valence-electron chi connectivity index (χ0n) is 16.2. The normalized spacial score (nSPS) is 10.4. The molecule has 148 valence electrons. The van der Waals surface area contributed by atoms with E-state index in [4.69, 9.17) is 4.74 Å². The van der Waals surface area contributed by atoms with Crippen molar-refractivity contribution in [3.05, 3.63) is 115 Å². The summed E-state index contributed by atoms with van der Waals surface area (Å²) in [6.45, 7) is 0. The van der Waals surface area contributed by atoms with Crippen LogP contribution in [0.15, 0.2) is 103 Å². The topological polar surface area (TPSA) is 60.3 Å². The molecule has 3 aromatic carbocycles. The minimum Gasteiger partial charge on any atom is -0.426 e. The minimum absolute atomic E-state index is 0.179. The van der Waals surface area contributed by atoms with Gasteiger partial charge in [0.05, 0.1) is 6.42 Å². The van der Waals surface area contributed by atoms with Crippen LogP contribution in [0, 0.1) is 0 Å². The number of anilines is 1. The summed E-state index contributed by atoms with van der Waals surface area (Å²) in [5.41, 5.74) is 3.12. The molecule has 0 unspecified atom stereocenters. The number of carbonyl (C=O) groups is 2. The van der Waals surface area contributed by atoms with E-state index in [1.165, 1.54) is 0 Å². The second-order valence-electron chi connectivity index (χ2n) is 6.75. The Morgan fingerprint density at radius 2 is 1.43 bits per heavy atom. The summed E-state index contributed by atoms with van der Waals surface area (Å²) in [5, 5.41) is 2.81. The quantitative estimate of drug-likeness (QED) is 0.373. The minimum atomic E-state index is -0.343. The van der Waals surface area contributed by atoms with Crippen LogP contribution in [0.4, 0.5) is 5.69 Å². The van der Waals surface area contributed by atoms with Crippen molar-refractivity contribution in [2.45, 2.75) is 6.42 Å². The van der Waals surface area contributed by atoms with E-state index in [0.717, 1.165) is 11.3 Å². The van der Waals surface area contributed by atoms with Gasteiger partial charge in [-0.2, -0.15) is 0 Å². The van der Waals surface area contributed by atoms with Crippen LogP contribution in [-0.4, -0.2) is 16.4 Å². The molecular formula is C25H20N2O3. The van der Waals surface area contributed by atoms with Crippen LogP contribution < -0.4 is 10.1 Å². The van der Waals surface area contributed by atoms with Crippen molar-refractivity contribution in [2.24, 2.45) is 0 Å². The monoisotopic (exact) mass is 396 g/mol. The molecule has 30 heavy (non-hydrogen) atoms. The fraction of sp³-hybridized carbons (Fsp3) is 0.0400. The third-order valence-electron chi connectivity index (χ3n) is 4.57. The van der Waals surface area contributed by atoms with Gasteiger partial charge in [0.2, 0.25) is 0 Å². The molecule has 1 heterocycles. The fourth-order valence-corrected chi connectivity index (χ4v) is 3.03. The van der Waals surface area contributed by atoms with Crippen molar-refractivity contribution >= 4 is 17.6 Å². The van der Waals surface area contributed by atoms with Gasteiger partial charge in [-0.15, -0.1) is 0 Å². The summed E-state index contributed by atoms with van der Waals surface area (Å²) >= 11 is 0. The van der Waals surface area contributed by atoms with Gasteiger partial charge in [-0.05, 0) is 66.2 Å². The predicted octanol–water partition coefficient (Wildman–Crippen LogP) is 4.88. The zero-order chi connectivity index (χ0) is 20.8. The van der Waals surface area contributed by atoms with Gasteiger partial charge in [-0.3, -0.25) is 9.59 Å². The Hall–Kier alpha value is -4.12. The summed E-state index contributed by atoms with van der Waals surface area (Å²) in [6.07, 6.45) is 4.11. The van der Waals surface area contributed by atoms with Gasteiger partial charge in [-0.25, -0.2) is 0 Å². The Bertz CT molecular complexity index is 1120. The van der Waals surface area contributed by atoms with Crippen molar-refractivity contribution in [3.8, 4) is 11.4 Å². The first-order valence-corrected chi connectivity index (χ1v) is 9.57. The van der Waals surface area contributed by atoms with Crippen molar-refractivity contribution in [3.63, 3.8) is 0 Å². The third kappa shape index (κ3) is 4.83. The molecule has 0 radical (unpaired) electrons. The third-order valence-corrected chi connectivity index (χ3v) is 4.57. The summed E-state index contributed by atoms with van der Waals surface area (Å²) in [5.74, 6) is -0.102. The van der Waals surface area contributed by atoms with Crippen LogP contribution >= 0.6 is 0 Å². The summed E-state index contributed by atoms with van der Waals surface area (Å²) in [4.78, 5) is 24.4. The number of esters is 1. The smallest absolute Gasteiger partial charge is 0.315 e. The molecule has 0 atom stereocenters. The van der Waals surface area contributed by atoms with E-state index in [2.05, 4.69) is 5.32 Å². The van der Waals surface area contributed by atoms with Gasteiger partial charge in [0.15, 0.2) is 0 Å². The van der Waals surface area contributed by atoms with Crippen LogP contribution in [0.1, 0.15) is 15.9 Å². The summed E-state index contributed by atoms with van der Waals surface area (Å²) in [7, 11) is 0. The van der Waals surface area contributed by atoms with Crippen molar-refractivity contribution in [1.82, 2.24) is 4.57 Å². The number of aromatic nitrogens is 1. The largest absolute Gasteiger partial charge is 0.426 e. The number of hydrogen-bond acceptors (Lipinski definition) is 3. The molecule has 0 bridgehead atoms. The standard InChI is InChI=1S/C25H20N2O3/c28-24(18-19-8-12-22(13-9-19)27-16-4-5-17-27)30-23-14-10-21(11-15-23)26-25(29)20-6-2-1-3-7-20/h1-17H,18H2,(H,26,29). The molecule has 0 aliphatic heterocycles. The lowest BCUT2D eigenvalue weighted by Crippen LogP contribution is -2.12. The summed E-state index contributed by atoms with van der Waals surface area (Å²) in [6, 6.07) is 27.4. The van der Waals surface area contributed by atoms with Crippen molar-refractivity contribution in [1.29, 1.82) is 0 Å². The molecule has 0 spiro atoms. The number of carbonyl (C=O) groups excluding carboxylic acids is 2. The van der Waals surface area contributed by atoms with Gasteiger partial charge in [-0.1, -0.05) is 30.3 Å². The highest BCUT2D eigenvalue weighted by atomic mass is 16.5. The van der Waals surface area contributed by atoms with Gasteiger partial charge in [0.1, 0.15) is 5.75 Å². The van der Waals surface area contributed by atoms with E-state index in [1.807, 2.05) is 71.6 Å². The number of amides is 1. The van der Waals surface area contributed by atoms with E-state index >= 15 is 0 Å². The predicted molar refractivity (Wildman–Crippen MR) is 116 cm³/mol. The first-order chi connectivity index (χ1) is 14.7. The molecule has 0 aliphatic rings.